The van der Waals surface area contributed by atoms with Crippen LogP contribution in [0.5, 0.6) is 5.75 Å². The van der Waals surface area contributed by atoms with Gasteiger partial charge in [-0.3, -0.25) is 15.0 Å². The van der Waals surface area contributed by atoms with Crippen LogP contribution in [0.15, 0.2) is 70.4 Å². The van der Waals surface area contributed by atoms with Crippen LogP contribution in [-0.4, -0.2) is 30.9 Å². The summed E-state index contributed by atoms with van der Waals surface area (Å²) < 4.78 is 16.6. The number of esters is 1. The number of benzene rings is 2. The molecule has 2 aliphatic rings. The normalized spacial score (nSPS) is 21.0. The summed E-state index contributed by atoms with van der Waals surface area (Å²) in [6.45, 7) is 5.54. The van der Waals surface area contributed by atoms with Crippen molar-refractivity contribution in [1.29, 1.82) is 5.41 Å². The zero-order valence-electron chi connectivity index (χ0n) is 17.8. The number of nitrogens with zero attached hydrogens (tertiary/aromatic N) is 1. The molecule has 3 heterocycles. The van der Waals surface area contributed by atoms with Gasteiger partial charge in [-0.25, -0.2) is 4.79 Å². The zero-order valence-corrected chi connectivity index (χ0v) is 17.8. The summed E-state index contributed by atoms with van der Waals surface area (Å²) >= 11 is 0. The van der Waals surface area contributed by atoms with Gasteiger partial charge < -0.3 is 18.8 Å². The summed E-state index contributed by atoms with van der Waals surface area (Å²) in [6, 6.07) is 13.6. The van der Waals surface area contributed by atoms with E-state index in [1.54, 1.807) is 61.5 Å². The average molecular weight is 444 g/mol. The molecule has 5 rings (SSSR count). The fourth-order valence-corrected chi connectivity index (χ4v) is 4.90. The molecule has 33 heavy (non-hydrogen) atoms. The molecule has 1 aromatic heterocycles. The lowest BCUT2D eigenvalue weighted by Gasteiger charge is -2.39. The van der Waals surface area contributed by atoms with Crippen LogP contribution in [0.4, 0.5) is 5.69 Å². The molecular weight excluding hydrogens is 424 g/mol. The first kappa shape index (κ1) is 20.7. The molecule has 3 aromatic rings. The molecule has 8 nitrogen and oxygen atoms in total. The molecule has 0 fully saturated rings. The highest BCUT2D eigenvalue weighted by Gasteiger charge is 2.66. The van der Waals surface area contributed by atoms with Gasteiger partial charge in [0.05, 0.1) is 12.0 Å². The minimum atomic E-state index is -1.87. The Morgan fingerprint density at radius 3 is 2.70 bits per heavy atom. The van der Waals surface area contributed by atoms with E-state index in [2.05, 4.69) is 6.58 Å². The molecule has 0 saturated carbocycles. The topological polar surface area (TPSA) is 110 Å². The van der Waals surface area contributed by atoms with Gasteiger partial charge in [0.25, 0.3) is 0 Å². The largest absolute Gasteiger partial charge is 0.465 e. The Labute approximate surface area is 188 Å². The number of anilines is 1. The number of fused-ring (bicyclic) bond motifs is 6. The number of hydrogen-bond donors (Lipinski definition) is 1. The first-order valence-corrected chi connectivity index (χ1v) is 10.5. The maximum absolute atomic E-state index is 14.2. The minimum Gasteiger partial charge on any atom is -0.465 e. The van der Waals surface area contributed by atoms with E-state index in [0.717, 1.165) is 0 Å². The molecular formula is C25H20N2O6. The Morgan fingerprint density at radius 2 is 1.94 bits per heavy atom. The molecule has 1 spiro atoms. The van der Waals surface area contributed by atoms with Crippen LogP contribution in [0.25, 0.3) is 11.0 Å². The number of carbonyl (C=O) groups excluding carboxylic acids is 2. The Hall–Kier alpha value is -4.20. The van der Waals surface area contributed by atoms with E-state index in [1.807, 2.05) is 0 Å². The predicted molar refractivity (Wildman–Crippen MR) is 121 cm³/mol. The molecule has 2 atom stereocenters. The lowest BCUT2D eigenvalue weighted by atomic mass is 9.64. The van der Waals surface area contributed by atoms with Crippen LogP contribution in [0, 0.1) is 11.3 Å². The molecule has 0 aliphatic carbocycles. The van der Waals surface area contributed by atoms with Crippen molar-refractivity contribution in [2.45, 2.75) is 12.3 Å². The monoisotopic (exact) mass is 444 g/mol. The first-order valence-electron chi connectivity index (χ1n) is 10.5. The number of amides is 1. The van der Waals surface area contributed by atoms with E-state index in [9.17, 15) is 14.4 Å². The third-order valence-corrected chi connectivity index (χ3v) is 6.10. The van der Waals surface area contributed by atoms with Crippen molar-refractivity contribution in [1.82, 2.24) is 0 Å². The van der Waals surface area contributed by atoms with Crippen molar-refractivity contribution in [3.63, 3.8) is 0 Å². The van der Waals surface area contributed by atoms with Crippen LogP contribution in [0.3, 0.4) is 0 Å². The Balaban J connectivity index is 1.95. The van der Waals surface area contributed by atoms with Crippen molar-refractivity contribution >= 4 is 34.4 Å². The van der Waals surface area contributed by atoms with E-state index in [4.69, 9.17) is 19.3 Å². The van der Waals surface area contributed by atoms with Crippen LogP contribution in [0.1, 0.15) is 18.1 Å². The number of nitrogens with one attached hydrogen (secondary N) is 1. The molecule has 0 saturated heterocycles. The quantitative estimate of drug-likeness (QED) is 0.376. The second-order valence-corrected chi connectivity index (χ2v) is 7.77. The summed E-state index contributed by atoms with van der Waals surface area (Å²) in [6.07, 6.45) is 1.56. The third kappa shape index (κ3) is 2.64. The molecule has 2 aliphatic heterocycles. The summed E-state index contributed by atoms with van der Waals surface area (Å²) in [5.74, 6) is -3.31. The highest BCUT2D eigenvalue weighted by Crippen LogP contribution is 2.55. The number of rotatable bonds is 4. The lowest BCUT2D eigenvalue weighted by molar-refractivity contribution is -0.150. The molecule has 1 N–H and O–H groups in total. The van der Waals surface area contributed by atoms with Gasteiger partial charge in [-0.05, 0) is 30.7 Å². The van der Waals surface area contributed by atoms with Gasteiger partial charge in [-0.15, -0.1) is 6.58 Å². The van der Waals surface area contributed by atoms with E-state index >= 15 is 0 Å². The van der Waals surface area contributed by atoms with Crippen molar-refractivity contribution in [2.75, 3.05) is 18.1 Å². The second-order valence-electron chi connectivity index (χ2n) is 7.77. The smallest absolute Gasteiger partial charge is 0.344 e. The number of carbonyl (C=O) groups is 2. The van der Waals surface area contributed by atoms with Crippen LogP contribution >= 0.6 is 0 Å². The summed E-state index contributed by atoms with van der Waals surface area (Å²) in [5, 5.41) is 9.10. The molecule has 0 radical (unpaired) electrons. The van der Waals surface area contributed by atoms with E-state index in [0.29, 0.717) is 16.6 Å². The van der Waals surface area contributed by atoms with Crippen molar-refractivity contribution in [3.05, 3.63) is 82.7 Å². The third-order valence-electron chi connectivity index (χ3n) is 6.10. The van der Waals surface area contributed by atoms with Crippen molar-refractivity contribution < 1.29 is 23.5 Å². The van der Waals surface area contributed by atoms with Gasteiger partial charge >= 0.3 is 11.6 Å². The predicted octanol–water partition coefficient (Wildman–Crippen LogP) is 3.16. The Morgan fingerprint density at radius 1 is 1.21 bits per heavy atom. The second kappa shape index (κ2) is 7.44. The lowest BCUT2D eigenvalue weighted by Crippen LogP contribution is -2.57. The fourth-order valence-electron chi connectivity index (χ4n) is 4.90. The van der Waals surface area contributed by atoms with E-state index < -0.39 is 34.7 Å². The summed E-state index contributed by atoms with van der Waals surface area (Å²) in [7, 11) is 0. The standard InChI is InChI=1S/C25H20N2O6/c1-3-13-27-16-11-7-6-10-15(16)25(24(27)30)18-20(33-21(26)19(25)22(28)31-4-2)14-9-5-8-12-17(14)32-23(18)29/h3,5-12,19,26H,1,4,13H2,2H3. The van der Waals surface area contributed by atoms with Crippen LogP contribution in [0.2, 0.25) is 0 Å². The zero-order chi connectivity index (χ0) is 23.3. The van der Waals surface area contributed by atoms with Gasteiger partial charge in [0.2, 0.25) is 11.8 Å². The molecule has 2 aromatic carbocycles. The van der Waals surface area contributed by atoms with Crippen molar-refractivity contribution in [3.8, 4) is 5.75 Å². The fraction of sp³-hybridized carbons (Fsp3) is 0.200. The first-order chi connectivity index (χ1) is 16.0. The maximum Gasteiger partial charge on any atom is 0.344 e. The number of hydrogen-bond acceptors (Lipinski definition) is 7. The van der Waals surface area contributed by atoms with Crippen molar-refractivity contribution in [2.24, 2.45) is 5.92 Å². The SMILES string of the molecule is C=CCN1C(=O)C2(c3ccccc31)c1c(c3ccccc3oc1=O)OC(=N)C2C(=O)OCC. The molecule has 2 unspecified atom stereocenters. The van der Waals surface area contributed by atoms with Gasteiger partial charge in [0.15, 0.2) is 11.7 Å². The van der Waals surface area contributed by atoms with E-state index in [-0.39, 0.29) is 30.0 Å². The molecule has 0 bridgehead atoms. The minimum absolute atomic E-state index is 0.0318. The molecule has 1 amide bonds. The highest BCUT2D eigenvalue weighted by atomic mass is 16.5. The van der Waals surface area contributed by atoms with Crippen LogP contribution < -0.4 is 15.3 Å². The molecule has 8 heteroatoms. The Kier molecular flexibility index (Phi) is 4.67. The van der Waals surface area contributed by atoms with Gasteiger partial charge in [0.1, 0.15) is 16.6 Å². The van der Waals surface area contributed by atoms with Gasteiger partial charge in [-0.1, -0.05) is 36.4 Å². The maximum atomic E-state index is 14.2. The molecule has 166 valence electrons. The van der Waals surface area contributed by atoms with E-state index in [1.165, 1.54) is 4.90 Å². The average Bonchev–Trinajstić information content (AvgIpc) is 3.03. The van der Waals surface area contributed by atoms with Gasteiger partial charge in [0, 0.05) is 12.2 Å². The number of para-hydroxylation sites is 2. The number of ether oxygens (including phenoxy) is 2. The summed E-state index contributed by atoms with van der Waals surface area (Å²) in [4.78, 5) is 42.3. The summed E-state index contributed by atoms with van der Waals surface area (Å²) in [5.41, 5.74) is -1.62. The van der Waals surface area contributed by atoms with Gasteiger partial charge in [-0.2, -0.15) is 0 Å². The highest BCUT2D eigenvalue weighted by molar-refractivity contribution is 6.19. The Bertz CT molecular complexity index is 1410. The van der Waals surface area contributed by atoms with Crippen LogP contribution in [-0.2, 0) is 19.7 Å².